The van der Waals surface area contributed by atoms with Gasteiger partial charge in [-0.05, 0) is 25.5 Å². The third kappa shape index (κ3) is 5.33. The fraction of sp³-hybridized carbons (Fsp3) is 0.583. The van der Waals surface area contributed by atoms with E-state index in [1.807, 2.05) is 12.3 Å². The molecular weight excluding hydrogens is 224 g/mol. The van der Waals surface area contributed by atoms with E-state index in [1.165, 1.54) is 6.42 Å². The smallest absolute Gasteiger partial charge is 0.250 e. The highest BCUT2D eigenvalue weighted by Gasteiger charge is 1.93. The maximum Gasteiger partial charge on any atom is 0.250 e. The molecule has 1 rings (SSSR count). The summed E-state index contributed by atoms with van der Waals surface area (Å²) in [4.78, 5) is 11.3. The van der Waals surface area contributed by atoms with Gasteiger partial charge in [0.2, 0.25) is 0 Å². The van der Waals surface area contributed by atoms with Gasteiger partial charge in [0, 0.05) is 31.2 Å². The Hall–Kier alpha value is -0.800. The van der Waals surface area contributed by atoms with E-state index in [2.05, 4.69) is 5.32 Å². The van der Waals surface area contributed by atoms with Crippen LogP contribution in [0, 0.1) is 0 Å². The van der Waals surface area contributed by atoms with Crippen LogP contribution in [-0.2, 0) is 6.54 Å². The number of alkyl halides is 1. The molecule has 0 saturated heterocycles. The van der Waals surface area contributed by atoms with Crippen molar-refractivity contribution >= 4 is 11.6 Å². The van der Waals surface area contributed by atoms with Crippen LogP contribution in [0.1, 0.15) is 19.3 Å². The highest BCUT2D eigenvalue weighted by Crippen LogP contribution is 1.95. The molecule has 0 radical (unpaired) electrons. The van der Waals surface area contributed by atoms with Crippen molar-refractivity contribution in [3.8, 4) is 0 Å². The molecule has 0 spiro atoms. The molecule has 90 valence electrons. The molecule has 0 aliphatic heterocycles. The quantitative estimate of drug-likeness (QED) is 0.558. The molecule has 0 unspecified atom stereocenters. The molecule has 0 saturated carbocycles. The van der Waals surface area contributed by atoms with Crippen LogP contribution in [0.2, 0.25) is 0 Å². The molecule has 0 aliphatic rings. The molecule has 1 heterocycles. The first-order valence-corrected chi connectivity index (χ1v) is 6.30. The maximum absolute atomic E-state index is 11.3. The number of nitrogens with one attached hydrogen (secondary N) is 1. The van der Waals surface area contributed by atoms with Crippen LogP contribution >= 0.6 is 11.6 Å². The maximum atomic E-state index is 11.3. The second-order valence-electron chi connectivity index (χ2n) is 3.73. The van der Waals surface area contributed by atoms with Crippen LogP contribution in [0.4, 0.5) is 0 Å². The molecular formula is C12H19ClN2O. The van der Waals surface area contributed by atoms with Crippen molar-refractivity contribution < 1.29 is 0 Å². The Morgan fingerprint density at radius 3 is 2.81 bits per heavy atom. The lowest BCUT2D eigenvalue weighted by molar-refractivity contribution is 0.562. The van der Waals surface area contributed by atoms with E-state index in [1.54, 1.807) is 16.7 Å². The second-order valence-corrected chi connectivity index (χ2v) is 4.11. The molecule has 0 atom stereocenters. The topological polar surface area (TPSA) is 34.0 Å². The van der Waals surface area contributed by atoms with Crippen LogP contribution in [0.25, 0.3) is 0 Å². The fourth-order valence-electron chi connectivity index (χ4n) is 1.49. The number of nitrogens with zero attached hydrogens (tertiary/aromatic N) is 1. The number of pyridine rings is 1. The molecule has 0 amide bonds. The van der Waals surface area contributed by atoms with Gasteiger partial charge in [0.05, 0.1) is 0 Å². The summed E-state index contributed by atoms with van der Waals surface area (Å²) in [6.07, 6.45) is 5.22. The van der Waals surface area contributed by atoms with Gasteiger partial charge in [-0.15, -0.1) is 11.6 Å². The van der Waals surface area contributed by atoms with Crippen LogP contribution in [0.3, 0.4) is 0 Å². The summed E-state index contributed by atoms with van der Waals surface area (Å²) in [5, 5.41) is 3.32. The Kier molecular flexibility index (Phi) is 6.93. The predicted molar refractivity (Wildman–Crippen MR) is 68.1 cm³/mol. The van der Waals surface area contributed by atoms with E-state index in [9.17, 15) is 4.79 Å². The van der Waals surface area contributed by atoms with E-state index < -0.39 is 0 Å². The molecule has 0 fully saturated rings. The Labute approximate surface area is 101 Å². The van der Waals surface area contributed by atoms with Gasteiger partial charge in [0.15, 0.2) is 0 Å². The lowest BCUT2D eigenvalue weighted by Crippen LogP contribution is -2.26. The standard InChI is InChI=1S/C12H19ClN2O/c13-7-3-1-4-8-14-9-11-15-10-5-2-6-12(15)16/h2,5-6,10,14H,1,3-4,7-9,11H2. The van der Waals surface area contributed by atoms with Crippen molar-refractivity contribution in [1.82, 2.24) is 9.88 Å². The van der Waals surface area contributed by atoms with Crippen molar-refractivity contribution in [1.29, 1.82) is 0 Å². The summed E-state index contributed by atoms with van der Waals surface area (Å²) < 4.78 is 1.71. The zero-order valence-corrected chi connectivity index (χ0v) is 10.2. The fourth-order valence-corrected chi connectivity index (χ4v) is 1.68. The van der Waals surface area contributed by atoms with Gasteiger partial charge in [-0.2, -0.15) is 0 Å². The third-order valence-corrected chi connectivity index (χ3v) is 2.68. The number of aromatic nitrogens is 1. The van der Waals surface area contributed by atoms with Crippen LogP contribution in [0.5, 0.6) is 0 Å². The van der Waals surface area contributed by atoms with E-state index in [4.69, 9.17) is 11.6 Å². The van der Waals surface area contributed by atoms with Crippen molar-refractivity contribution in [2.75, 3.05) is 19.0 Å². The minimum atomic E-state index is 0.0615. The van der Waals surface area contributed by atoms with Gasteiger partial charge >= 0.3 is 0 Å². The summed E-state index contributed by atoms with van der Waals surface area (Å²) in [5.41, 5.74) is 0.0615. The van der Waals surface area contributed by atoms with Crippen molar-refractivity contribution in [2.45, 2.75) is 25.8 Å². The van der Waals surface area contributed by atoms with Crippen molar-refractivity contribution in [3.63, 3.8) is 0 Å². The molecule has 1 aromatic rings. The summed E-state index contributed by atoms with van der Waals surface area (Å²) in [7, 11) is 0. The lowest BCUT2D eigenvalue weighted by atomic mass is 10.2. The molecule has 1 aromatic heterocycles. The highest BCUT2D eigenvalue weighted by atomic mass is 35.5. The summed E-state index contributed by atoms with van der Waals surface area (Å²) in [6.45, 7) is 2.57. The third-order valence-electron chi connectivity index (χ3n) is 2.42. The van der Waals surface area contributed by atoms with Crippen molar-refractivity contribution in [3.05, 3.63) is 34.7 Å². The summed E-state index contributed by atoms with van der Waals surface area (Å²) in [6, 6.07) is 5.22. The molecule has 0 bridgehead atoms. The van der Waals surface area contributed by atoms with Gasteiger partial charge in [-0.3, -0.25) is 4.79 Å². The second kappa shape index (κ2) is 8.36. The first kappa shape index (κ1) is 13.3. The number of hydrogen-bond donors (Lipinski definition) is 1. The SMILES string of the molecule is O=c1ccccn1CCNCCCCCCl. The Morgan fingerprint density at radius 1 is 1.19 bits per heavy atom. The normalized spacial score (nSPS) is 10.6. The summed E-state index contributed by atoms with van der Waals surface area (Å²) >= 11 is 5.58. The van der Waals surface area contributed by atoms with E-state index in [0.29, 0.717) is 0 Å². The van der Waals surface area contributed by atoms with Gasteiger partial charge in [-0.25, -0.2) is 0 Å². The van der Waals surface area contributed by atoms with Crippen LogP contribution in [-0.4, -0.2) is 23.5 Å². The zero-order valence-electron chi connectivity index (χ0n) is 9.49. The highest BCUT2D eigenvalue weighted by molar-refractivity contribution is 6.17. The molecule has 0 aliphatic carbocycles. The van der Waals surface area contributed by atoms with Gasteiger partial charge in [0.25, 0.3) is 5.56 Å². The minimum absolute atomic E-state index is 0.0615. The van der Waals surface area contributed by atoms with E-state index in [0.717, 1.165) is 38.4 Å². The van der Waals surface area contributed by atoms with Crippen LogP contribution < -0.4 is 10.9 Å². The minimum Gasteiger partial charge on any atom is -0.315 e. The monoisotopic (exact) mass is 242 g/mol. The van der Waals surface area contributed by atoms with E-state index in [-0.39, 0.29) is 5.56 Å². The van der Waals surface area contributed by atoms with Gasteiger partial charge in [0.1, 0.15) is 0 Å². The van der Waals surface area contributed by atoms with Crippen LogP contribution in [0.15, 0.2) is 29.2 Å². The van der Waals surface area contributed by atoms with Gasteiger partial charge < -0.3 is 9.88 Å². The van der Waals surface area contributed by atoms with Gasteiger partial charge in [-0.1, -0.05) is 12.5 Å². The number of rotatable bonds is 8. The molecule has 1 N–H and O–H groups in total. The first-order chi connectivity index (χ1) is 7.84. The largest absolute Gasteiger partial charge is 0.315 e. The predicted octanol–water partition coefficient (Wildman–Crippen LogP) is 1.85. The lowest BCUT2D eigenvalue weighted by Gasteiger charge is -2.06. The number of hydrogen-bond acceptors (Lipinski definition) is 2. The average molecular weight is 243 g/mol. The molecule has 3 nitrogen and oxygen atoms in total. The Bertz CT molecular complexity index is 338. The molecule has 16 heavy (non-hydrogen) atoms. The zero-order chi connectivity index (χ0) is 11.6. The molecule has 0 aromatic carbocycles. The number of halogens is 1. The first-order valence-electron chi connectivity index (χ1n) is 5.77. The Balaban J connectivity index is 2.08. The average Bonchev–Trinajstić information content (AvgIpc) is 2.30. The van der Waals surface area contributed by atoms with E-state index >= 15 is 0 Å². The number of unbranched alkanes of at least 4 members (excludes halogenated alkanes) is 2. The van der Waals surface area contributed by atoms with Crippen molar-refractivity contribution in [2.24, 2.45) is 0 Å². The molecule has 4 heteroatoms. The Morgan fingerprint density at radius 2 is 2.06 bits per heavy atom. The summed E-state index contributed by atoms with van der Waals surface area (Å²) in [5.74, 6) is 0.749.